The van der Waals surface area contributed by atoms with Crippen molar-refractivity contribution in [2.45, 2.75) is 58.9 Å². The molecule has 0 saturated carbocycles. The summed E-state index contributed by atoms with van der Waals surface area (Å²) in [6.45, 7) is 11.7. The normalized spacial score (nSPS) is 12.8. The molecule has 2 rings (SSSR count). The minimum absolute atomic E-state index is 0.150. The molecule has 0 aliphatic carbocycles. The summed E-state index contributed by atoms with van der Waals surface area (Å²) in [7, 11) is -3.80. The number of carbonyl (C=O) groups excluding carboxylic acids is 1. The highest BCUT2D eigenvalue weighted by Gasteiger charge is 2.27. The van der Waals surface area contributed by atoms with Crippen LogP contribution in [0.1, 0.15) is 42.5 Å². The van der Waals surface area contributed by atoms with E-state index >= 15 is 0 Å². The highest BCUT2D eigenvalue weighted by Crippen LogP contribution is 2.23. The van der Waals surface area contributed by atoms with Crippen LogP contribution in [-0.4, -0.2) is 20.4 Å². The molecule has 152 valence electrons. The Labute approximate surface area is 168 Å². The Morgan fingerprint density at radius 3 is 1.96 bits per heavy atom. The van der Waals surface area contributed by atoms with E-state index in [1.807, 2.05) is 53.7 Å². The van der Waals surface area contributed by atoms with Gasteiger partial charge in [0.1, 0.15) is 6.04 Å². The first-order valence-electron chi connectivity index (χ1n) is 9.47. The van der Waals surface area contributed by atoms with Gasteiger partial charge in [0.25, 0.3) is 0 Å². The second kappa shape index (κ2) is 8.88. The van der Waals surface area contributed by atoms with Gasteiger partial charge in [0.05, 0.1) is 4.90 Å². The molecule has 0 aliphatic rings. The van der Waals surface area contributed by atoms with Gasteiger partial charge in [-0.05, 0) is 63.3 Å². The average Bonchev–Trinajstić information content (AvgIpc) is 2.57. The molecule has 0 spiro atoms. The lowest BCUT2D eigenvalue weighted by molar-refractivity contribution is -0.118. The number of anilines is 1. The Kier molecular flexibility index (Phi) is 7.01. The zero-order chi connectivity index (χ0) is 21.1. The molecule has 5 nitrogen and oxygen atoms in total. The summed E-state index contributed by atoms with van der Waals surface area (Å²) in [5.74, 6) is -0.198. The smallest absolute Gasteiger partial charge is 0.242 e. The van der Waals surface area contributed by atoms with Crippen LogP contribution in [0.15, 0.2) is 41.3 Å². The van der Waals surface area contributed by atoms with Crippen LogP contribution < -0.4 is 10.0 Å². The fourth-order valence-electron chi connectivity index (χ4n) is 3.24. The molecule has 0 bridgehead atoms. The van der Waals surface area contributed by atoms with Crippen molar-refractivity contribution in [1.82, 2.24) is 4.72 Å². The fraction of sp³-hybridized carbons (Fsp3) is 0.409. The van der Waals surface area contributed by atoms with Gasteiger partial charge in [-0.2, -0.15) is 4.72 Å². The van der Waals surface area contributed by atoms with Crippen LogP contribution in [-0.2, 0) is 14.8 Å². The van der Waals surface area contributed by atoms with Gasteiger partial charge < -0.3 is 5.32 Å². The minimum atomic E-state index is -3.80. The molecule has 28 heavy (non-hydrogen) atoms. The summed E-state index contributed by atoms with van der Waals surface area (Å²) in [6.07, 6.45) is 0.404. The Morgan fingerprint density at radius 1 is 0.929 bits per heavy atom. The highest BCUT2D eigenvalue weighted by molar-refractivity contribution is 7.89. The summed E-state index contributed by atoms with van der Waals surface area (Å²) >= 11 is 0. The summed E-state index contributed by atoms with van der Waals surface area (Å²) in [5.41, 5.74) is 4.73. The van der Waals surface area contributed by atoms with Crippen LogP contribution in [0, 0.1) is 33.6 Å². The maximum Gasteiger partial charge on any atom is 0.242 e. The number of sulfonamides is 1. The summed E-state index contributed by atoms with van der Waals surface area (Å²) in [4.78, 5) is 13.1. The van der Waals surface area contributed by atoms with Gasteiger partial charge in [-0.25, -0.2) is 8.42 Å². The van der Waals surface area contributed by atoms with Crippen molar-refractivity contribution < 1.29 is 13.2 Å². The number of hydrogen-bond donors (Lipinski definition) is 2. The average molecular weight is 403 g/mol. The van der Waals surface area contributed by atoms with Crippen molar-refractivity contribution >= 4 is 21.6 Å². The number of rotatable bonds is 7. The van der Waals surface area contributed by atoms with Gasteiger partial charge in [-0.15, -0.1) is 0 Å². The van der Waals surface area contributed by atoms with E-state index in [0.29, 0.717) is 6.42 Å². The molecule has 0 aromatic heterocycles. The quantitative estimate of drug-likeness (QED) is 0.727. The largest absolute Gasteiger partial charge is 0.324 e. The van der Waals surface area contributed by atoms with Gasteiger partial charge in [-0.3, -0.25) is 4.79 Å². The summed E-state index contributed by atoms with van der Waals surface area (Å²) in [5, 5.41) is 2.93. The third-order valence-corrected chi connectivity index (χ3v) is 6.07. The van der Waals surface area contributed by atoms with E-state index in [0.717, 1.165) is 27.9 Å². The van der Waals surface area contributed by atoms with E-state index in [-0.39, 0.29) is 16.7 Å². The van der Waals surface area contributed by atoms with E-state index in [1.165, 1.54) is 0 Å². The monoisotopic (exact) mass is 402 g/mol. The van der Waals surface area contributed by atoms with Crippen LogP contribution in [0.2, 0.25) is 0 Å². The molecule has 2 aromatic rings. The number of aryl methyl sites for hydroxylation is 4. The van der Waals surface area contributed by atoms with Gasteiger partial charge in [0.2, 0.25) is 15.9 Å². The van der Waals surface area contributed by atoms with Crippen molar-refractivity contribution in [2.24, 2.45) is 5.92 Å². The maximum atomic E-state index is 13.0. The lowest BCUT2D eigenvalue weighted by atomic mass is 10.0. The van der Waals surface area contributed by atoms with Gasteiger partial charge >= 0.3 is 0 Å². The molecule has 0 radical (unpaired) electrons. The number of carbonyl (C=O) groups is 1. The minimum Gasteiger partial charge on any atom is -0.324 e. The van der Waals surface area contributed by atoms with Gasteiger partial charge in [0, 0.05) is 5.69 Å². The molecule has 1 atom stereocenters. The van der Waals surface area contributed by atoms with Crippen molar-refractivity contribution in [2.75, 3.05) is 5.32 Å². The summed E-state index contributed by atoms with van der Waals surface area (Å²) < 4.78 is 28.2. The van der Waals surface area contributed by atoms with Crippen LogP contribution in [0.5, 0.6) is 0 Å². The lowest BCUT2D eigenvalue weighted by Gasteiger charge is -2.22. The zero-order valence-electron chi connectivity index (χ0n) is 17.5. The molecule has 0 heterocycles. The Hall–Kier alpha value is -2.18. The van der Waals surface area contributed by atoms with Crippen molar-refractivity contribution in [3.05, 3.63) is 58.7 Å². The van der Waals surface area contributed by atoms with E-state index in [4.69, 9.17) is 0 Å². The van der Waals surface area contributed by atoms with E-state index in [9.17, 15) is 13.2 Å². The first-order valence-corrected chi connectivity index (χ1v) is 11.0. The molecular weight excluding hydrogens is 372 g/mol. The predicted molar refractivity (Wildman–Crippen MR) is 114 cm³/mol. The Balaban J connectivity index is 2.28. The fourth-order valence-corrected chi connectivity index (χ4v) is 4.45. The lowest BCUT2D eigenvalue weighted by Crippen LogP contribution is -2.44. The SMILES string of the molecule is Cc1ccc(S(=O)(=O)N[C@@H](CC(C)C)C(=O)Nc2c(C)cc(C)cc2C)cc1. The first-order chi connectivity index (χ1) is 13.0. The standard InChI is InChI=1S/C22H30N2O3S/c1-14(2)11-20(24-28(26,27)19-9-7-15(3)8-10-19)22(25)23-21-17(5)12-16(4)13-18(21)6/h7-10,12-14,20,24H,11H2,1-6H3,(H,23,25)/t20-/m0/s1. The van der Waals surface area contributed by atoms with Crippen LogP contribution in [0.3, 0.4) is 0 Å². The molecule has 6 heteroatoms. The van der Waals surface area contributed by atoms with Crippen LogP contribution >= 0.6 is 0 Å². The molecule has 2 N–H and O–H groups in total. The molecule has 0 fully saturated rings. The van der Waals surface area contributed by atoms with Crippen molar-refractivity contribution in [1.29, 1.82) is 0 Å². The number of benzene rings is 2. The van der Waals surface area contributed by atoms with Crippen molar-refractivity contribution in [3.8, 4) is 0 Å². The highest BCUT2D eigenvalue weighted by atomic mass is 32.2. The maximum absolute atomic E-state index is 13.0. The molecule has 0 saturated heterocycles. The van der Waals surface area contributed by atoms with E-state index in [1.54, 1.807) is 24.3 Å². The second-order valence-corrected chi connectivity index (χ2v) is 9.59. The Bertz CT molecular complexity index is 925. The number of hydrogen-bond acceptors (Lipinski definition) is 3. The third kappa shape index (κ3) is 5.66. The second-order valence-electron chi connectivity index (χ2n) is 7.88. The van der Waals surface area contributed by atoms with Gasteiger partial charge in [0.15, 0.2) is 0 Å². The molecule has 0 aliphatic heterocycles. The number of nitrogens with one attached hydrogen (secondary N) is 2. The summed E-state index contributed by atoms with van der Waals surface area (Å²) in [6, 6.07) is 9.72. The molecular formula is C22H30N2O3S. The number of amides is 1. The first kappa shape index (κ1) is 22.1. The topological polar surface area (TPSA) is 75.3 Å². The van der Waals surface area contributed by atoms with Crippen LogP contribution in [0.25, 0.3) is 0 Å². The third-order valence-electron chi connectivity index (χ3n) is 4.58. The zero-order valence-corrected chi connectivity index (χ0v) is 18.3. The van der Waals surface area contributed by atoms with Gasteiger partial charge in [-0.1, -0.05) is 49.2 Å². The molecule has 0 unspecified atom stereocenters. The predicted octanol–water partition coefficient (Wildman–Crippen LogP) is 4.25. The van der Waals surface area contributed by atoms with Crippen LogP contribution in [0.4, 0.5) is 5.69 Å². The molecule has 1 amide bonds. The molecule has 2 aromatic carbocycles. The van der Waals surface area contributed by atoms with E-state index < -0.39 is 16.1 Å². The van der Waals surface area contributed by atoms with Crippen molar-refractivity contribution in [3.63, 3.8) is 0 Å². The van der Waals surface area contributed by atoms with E-state index in [2.05, 4.69) is 10.0 Å². The Morgan fingerprint density at radius 2 is 1.46 bits per heavy atom.